The molecule has 0 radical (unpaired) electrons. The van der Waals surface area contributed by atoms with Gasteiger partial charge in [0.25, 0.3) is 5.54 Å². The minimum Gasteiger partial charge on any atom is -0.497 e. The Hall–Kier alpha value is -3.23. The third-order valence-corrected chi connectivity index (χ3v) is 3.75. The van der Waals surface area contributed by atoms with E-state index in [1.165, 1.54) is 24.6 Å². The molecule has 2 rings (SSSR count). The highest BCUT2D eigenvalue weighted by atomic mass is 19.4. The lowest BCUT2D eigenvalue weighted by Gasteiger charge is -2.32. The highest BCUT2D eigenvalue weighted by Gasteiger charge is 2.64. The molecule has 0 aliphatic rings. The maximum atomic E-state index is 13.8. The Bertz CT molecular complexity index is 810. The Morgan fingerprint density at radius 1 is 1.07 bits per heavy atom. The Balaban J connectivity index is 2.34. The Labute approximate surface area is 152 Å². The number of hydrogen-bond donors (Lipinski definition) is 2. The molecule has 0 aliphatic heterocycles. The predicted molar refractivity (Wildman–Crippen MR) is 88.1 cm³/mol. The quantitative estimate of drug-likeness (QED) is 0.798. The molecule has 144 valence electrons. The average Bonchev–Trinajstić information content (AvgIpc) is 2.64. The van der Waals surface area contributed by atoms with Crippen LogP contribution >= 0.6 is 0 Å². The van der Waals surface area contributed by atoms with Crippen molar-refractivity contribution >= 4 is 12.1 Å². The summed E-state index contributed by atoms with van der Waals surface area (Å²) in [5.74, 6) is -2.30. The van der Waals surface area contributed by atoms with Crippen LogP contribution in [0.25, 0.3) is 0 Å². The molecule has 0 saturated carbocycles. The number of benzene rings is 2. The van der Waals surface area contributed by atoms with Crippen LogP contribution in [0.2, 0.25) is 0 Å². The molecule has 0 spiro atoms. The van der Waals surface area contributed by atoms with Crippen LogP contribution in [0.5, 0.6) is 5.75 Å². The fourth-order valence-corrected chi connectivity index (χ4v) is 2.37. The number of nitrogens with one attached hydrogen (secondary N) is 1. The number of carboxylic acids is 1. The number of carboxylic acid groups (broad SMARTS) is 1. The molecule has 1 atom stereocenters. The number of alkyl halides is 3. The second-order valence-corrected chi connectivity index (χ2v) is 5.47. The number of hydrogen-bond acceptors (Lipinski definition) is 4. The fourth-order valence-electron chi connectivity index (χ4n) is 2.37. The number of carbonyl (C=O) groups is 2. The van der Waals surface area contributed by atoms with Gasteiger partial charge >= 0.3 is 18.2 Å². The van der Waals surface area contributed by atoms with Gasteiger partial charge in [-0.1, -0.05) is 42.5 Å². The standard InChI is InChI=1S/C18H16F3NO5/c1-26-14-9-5-8-13(10-14)17(15(23)24,18(19,20)21)22-16(25)27-11-12-6-3-2-4-7-12/h2-10H,11H2,1H3,(H,22,25)(H,23,24). The van der Waals surface area contributed by atoms with Crippen molar-refractivity contribution in [3.05, 3.63) is 65.7 Å². The van der Waals surface area contributed by atoms with Crippen molar-refractivity contribution in [1.29, 1.82) is 0 Å². The van der Waals surface area contributed by atoms with Gasteiger partial charge in [0.05, 0.1) is 7.11 Å². The van der Waals surface area contributed by atoms with Gasteiger partial charge in [0, 0.05) is 5.56 Å². The summed E-state index contributed by atoms with van der Waals surface area (Å²) in [6.45, 7) is -0.321. The van der Waals surface area contributed by atoms with Crippen LogP contribution < -0.4 is 10.1 Å². The number of carbonyl (C=O) groups excluding carboxylic acids is 1. The van der Waals surface area contributed by atoms with E-state index in [-0.39, 0.29) is 12.4 Å². The molecule has 1 amide bonds. The van der Waals surface area contributed by atoms with Crippen molar-refractivity contribution in [3.63, 3.8) is 0 Å². The first kappa shape index (κ1) is 20.1. The lowest BCUT2D eigenvalue weighted by Crippen LogP contribution is -2.61. The highest BCUT2D eigenvalue weighted by molar-refractivity contribution is 5.87. The molecular weight excluding hydrogens is 367 g/mol. The molecule has 0 aliphatic carbocycles. The number of aliphatic carboxylic acids is 1. The Morgan fingerprint density at radius 3 is 2.30 bits per heavy atom. The van der Waals surface area contributed by atoms with Crippen LogP contribution in [0.3, 0.4) is 0 Å². The molecule has 6 nitrogen and oxygen atoms in total. The second-order valence-electron chi connectivity index (χ2n) is 5.47. The summed E-state index contributed by atoms with van der Waals surface area (Å²) in [4.78, 5) is 23.6. The third-order valence-electron chi connectivity index (χ3n) is 3.75. The normalized spacial score (nSPS) is 13.3. The molecule has 2 aromatic carbocycles. The summed E-state index contributed by atoms with van der Waals surface area (Å²) in [5, 5.41) is 10.8. The van der Waals surface area contributed by atoms with Crippen LogP contribution in [0, 0.1) is 0 Å². The van der Waals surface area contributed by atoms with E-state index in [0.717, 1.165) is 12.1 Å². The fraction of sp³-hybridized carbons (Fsp3) is 0.222. The minimum absolute atomic E-state index is 0.00169. The molecule has 1 unspecified atom stereocenters. The van der Waals surface area contributed by atoms with E-state index < -0.39 is 29.3 Å². The van der Waals surface area contributed by atoms with Crippen LogP contribution in [-0.2, 0) is 21.7 Å². The maximum absolute atomic E-state index is 13.8. The largest absolute Gasteiger partial charge is 0.497 e. The zero-order valence-electron chi connectivity index (χ0n) is 14.1. The lowest BCUT2D eigenvalue weighted by atomic mass is 9.89. The van der Waals surface area contributed by atoms with Crippen molar-refractivity contribution < 1.29 is 37.3 Å². The van der Waals surface area contributed by atoms with E-state index in [9.17, 15) is 27.9 Å². The van der Waals surface area contributed by atoms with E-state index in [1.54, 1.807) is 30.3 Å². The van der Waals surface area contributed by atoms with Gasteiger partial charge in [0.15, 0.2) is 0 Å². The first-order valence-electron chi connectivity index (χ1n) is 7.64. The summed E-state index contributed by atoms with van der Waals surface area (Å²) >= 11 is 0. The van der Waals surface area contributed by atoms with Crippen LogP contribution in [0.1, 0.15) is 11.1 Å². The van der Waals surface area contributed by atoms with Crippen LogP contribution in [-0.4, -0.2) is 30.5 Å². The summed E-state index contributed by atoms with van der Waals surface area (Å²) in [6.07, 6.45) is -6.88. The molecule has 0 saturated heterocycles. The molecule has 2 aromatic rings. The zero-order valence-corrected chi connectivity index (χ0v) is 14.1. The number of alkyl carbamates (subject to hydrolysis) is 1. The van der Waals surface area contributed by atoms with Crippen LogP contribution in [0.15, 0.2) is 54.6 Å². The van der Waals surface area contributed by atoms with E-state index in [4.69, 9.17) is 9.47 Å². The number of ether oxygens (including phenoxy) is 2. The SMILES string of the molecule is COc1cccc(C(NC(=O)OCc2ccccc2)(C(=O)O)C(F)(F)F)c1. The van der Waals surface area contributed by atoms with Gasteiger partial charge in [-0.05, 0) is 17.7 Å². The molecule has 0 bridgehead atoms. The summed E-state index contributed by atoms with van der Waals surface area (Å²) in [6, 6.07) is 12.6. The molecule has 0 heterocycles. The van der Waals surface area contributed by atoms with Crippen LogP contribution in [0.4, 0.5) is 18.0 Å². The van der Waals surface area contributed by atoms with E-state index in [1.807, 2.05) is 0 Å². The minimum atomic E-state index is -5.35. The Morgan fingerprint density at radius 2 is 1.74 bits per heavy atom. The van der Waals surface area contributed by atoms with Crippen molar-refractivity contribution in [2.45, 2.75) is 18.3 Å². The van der Waals surface area contributed by atoms with E-state index >= 15 is 0 Å². The topological polar surface area (TPSA) is 84.9 Å². The third kappa shape index (κ3) is 4.30. The van der Waals surface area contributed by atoms with E-state index in [0.29, 0.717) is 5.56 Å². The van der Waals surface area contributed by atoms with Crippen molar-refractivity contribution in [2.24, 2.45) is 0 Å². The molecule has 0 fully saturated rings. The number of methoxy groups -OCH3 is 1. The van der Waals surface area contributed by atoms with Gasteiger partial charge in [0.1, 0.15) is 12.4 Å². The molecule has 0 aromatic heterocycles. The first-order valence-corrected chi connectivity index (χ1v) is 7.64. The van der Waals surface area contributed by atoms with Gasteiger partial charge < -0.3 is 14.6 Å². The number of halogens is 3. The lowest BCUT2D eigenvalue weighted by molar-refractivity contribution is -0.211. The first-order chi connectivity index (χ1) is 12.7. The second kappa shape index (κ2) is 7.98. The van der Waals surface area contributed by atoms with Gasteiger partial charge in [0.2, 0.25) is 0 Å². The zero-order chi connectivity index (χ0) is 20.1. The van der Waals surface area contributed by atoms with Crippen molar-refractivity contribution in [1.82, 2.24) is 5.32 Å². The monoisotopic (exact) mass is 383 g/mol. The molecule has 2 N–H and O–H groups in total. The molecular formula is C18H16F3NO5. The van der Waals surface area contributed by atoms with E-state index in [2.05, 4.69) is 0 Å². The van der Waals surface area contributed by atoms with Gasteiger partial charge in [-0.3, -0.25) is 5.32 Å². The summed E-state index contributed by atoms with van der Waals surface area (Å²) in [7, 11) is 1.22. The molecule has 27 heavy (non-hydrogen) atoms. The predicted octanol–water partition coefficient (Wildman–Crippen LogP) is 3.46. The smallest absolute Gasteiger partial charge is 0.426 e. The Kier molecular flexibility index (Phi) is 5.94. The summed E-state index contributed by atoms with van der Waals surface area (Å²) in [5.41, 5.74) is -3.89. The van der Waals surface area contributed by atoms with Gasteiger partial charge in [-0.2, -0.15) is 13.2 Å². The van der Waals surface area contributed by atoms with Crippen molar-refractivity contribution in [2.75, 3.05) is 7.11 Å². The number of rotatable bonds is 6. The van der Waals surface area contributed by atoms with Crippen molar-refractivity contribution in [3.8, 4) is 5.75 Å². The highest BCUT2D eigenvalue weighted by Crippen LogP contribution is 2.40. The number of amides is 1. The average molecular weight is 383 g/mol. The summed E-state index contributed by atoms with van der Waals surface area (Å²) < 4.78 is 50.9. The maximum Gasteiger partial charge on any atom is 0.426 e. The van der Waals surface area contributed by atoms with Gasteiger partial charge in [-0.25, -0.2) is 9.59 Å². The van der Waals surface area contributed by atoms with Gasteiger partial charge in [-0.15, -0.1) is 0 Å². The molecule has 9 heteroatoms.